The van der Waals surface area contributed by atoms with Crippen LogP contribution in [0.4, 0.5) is 0 Å². The standard InChI is InChI=1S/C23H30N2O4S/c1-16-12-17(2)22(18(3)13-16)30(27,28)25-10-8-20(9-11-25)23(26)24-15-19-6-5-7-21(14-19)29-4/h5-7,12-14,20H,8-11,15H2,1-4H3,(H,24,26). The highest BCUT2D eigenvalue weighted by Gasteiger charge is 2.33. The van der Waals surface area contributed by atoms with Crippen LogP contribution in [0, 0.1) is 26.7 Å². The van der Waals surface area contributed by atoms with Crippen molar-refractivity contribution in [3.05, 3.63) is 58.7 Å². The third-order valence-electron chi connectivity index (χ3n) is 5.63. The zero-order chi connectivity index (χ0) is 21.9. The number of carbonyl (C=O) groups excluding carboxylic acids is 1. The van der Waals surface area contributed by atoms with Crippen LogP contribution in [-0.4, -0.2) is 38.8 Å². The Morgan fingerprint density at radius 2 is 1.73 bits per heavy atom. The van der Waals surface area contributed by atoms with Crippen molar-refractivity contribution < 1.29 is 17.9 Å². The van der Waals surface area contributed by atoms with Crippen LogP contribution >= 0.6 is 0 Å². The van der Waals surface area contributed by atoms with Crippen molar-refractivity contribution in [2.24, 2.45) is 5.92 Å². The first-order valence-corrected chi connectivity index (χ1v) is 11.6. The van der Waals surface area contributed by atoms with E-state index in [0.717, 1.165) is 28.0 Å². The van der Waals surface area contributed by atoms with Gasteiger partial charge in [-0.05, 0) is 62.4 Å². The SMILES string of the molecule is COc1cccc(CNC(=O)C2CCN(S(=O)(=O)c3c(C)cc(C)cc3C)CC2)c1. The fourth-order valence-electron chi connectivity index (χ4n) is 4.18. The van der Waals surface area contributed by atoms with Crippen molar-refractivity contribution >= 4 is 15.9 Å². The Bertz CT molecular complexity index is 1000. The normalized spacial score (nSPS) is 15.7. The van der Waals surface area contributed by atoms with E-state index in [9.17, 15) is 13.2 Å². The maximum Gasteiger partial charge on any atom is 0.243 e. The molecule has 3 rings (SSSR count). The molecule has 6 nitrogen and oxygen atoms in total. The lowest BCUT2D eigenvalue weighted by Crippen LogP contribution is -2.43. The van der Waals surface area contributed by atoms with E-state index in [1.165, 1.54) is 4.31 Å². The molecule has 0 spiro atoms. The summed E-state index contributed by atoms with van der Waals surface area (Å²) in [6.45, 7) is 6.78. The van der Waals surface area contributed by atoms with Gasteiger partial charge >= 0.3 is 0 Å². The summed E-state index contributed by atoms with van der Waals surface area (Å²) in [7, 11) is -1.95. The topological polar surface area (TPSA) is 75.7 Å². The zero-order valence-corrected chi connectivity index (χ0v) is 18.9. The number of benzene rings is 2. The van der Waals surface area contributed by atoms with Gasteiger partial charge in [0, 0.05) is 25.6 Å². The van der Waals surface area contributed by atoms with E-state index >= 15 is 0 Å². The van der Waals surface area contributed by atoms with E-state index in [0.29, 0.717) is 37.4 Å². The van der Waals surface area contributed by atoms with Gasteiger partial charge in [-0.25, -0.2) is 8.42 Å². The summed E-state index contributed by atoms with van der Waals surface area (Å²) >= 11 is 0. The predicted molar refractivity (Wildman–Crippen MR) is 117 cm³/mol. The fraction of sp³-hybridized carbons (Fsp3) is 0.435. The van der Waals surface area contributed by atoms with E-state index in [1.54, 1.807) is 7.11 Å². The predicted octanol–water partition coefficient (Wildman–Crippen LogP) is 3.34. The number of amides is 1. The average molecular weight is 431 g/mol. The first-order chi connectivity index (χ1) is 14.2. The number of hydrogen-bond donors (Lipinski definition) is 1. The molecule has 30 heavy (non-hydrogen) atoms. The van der Waals surface area contributed by atoms with Crippen molar-refractivity contribution in [3.63, 3.8) is 0 Å². The molecule has 1 aliphatic rings. The Morgan fingerprint density at radius 1 is 1.10 bits per heavy atom. The number of nitrogens with zero attached hydrogens (tertiary/aromatic N) is 1. The van der Waals surface area contributed by atoms with Crippen molar-refractivity contribution in [1.29, 1.82) is 0 Å². The van der Waals surface area contributed by atoms with Gasteiger partial charge in [-0.15, -0.1) is 0 Å². The molecular weight excluding hydrogens is 400 g/mol. The maximum absolute atomic E-state index is 13.2. The fourth-order valence-corrected chi connectivity index (χ4v) is 6.06. The number of ether oxygens (including phenoxy) is 1. The Labute approximate surface area is 179 Å². The van der Waals surface area contributed by atoms with Crippen molar-refractivity contribution in [2.75, 3.05) is 20.2 Å². The largest absolute Gasteiger partial charge is 0.497 e. The molecule has 0 aromatic heterocycles. The van der Waals surface area contributed by atoms with Gasteiger partial charge in [-0.1, -0.05) is 29.8 Å². The summed E-state index contributed by atoms with van der Waals surface area (Å²) in [5.74, 6) is 0.543. The second kappa shape index (κ2) is 9.18. The third kappa shape index (κ3) is 4.84. The highest BCUT2D eigenvalue weighted by molar-refractivity contribution is 7.89. The number of hydrogen-bond acceptors (Lipinski definition) is 4. The number of methoxy groups -OCH3 is 1. The van der Waals surface area contributed by atoms with Crippen molar-refractivity contribution in [1.82, 2.24) is 9.62 Å². The highest BCUT2D eigenvalue weighted by Crippen LogP contribution is 2.29. The molecule has 0 bridgehead atoms. The summed E-state index contributed by atoms with van der Waals surface area (Å²) in [6, 6.07) is 11.4. The summed E-state index contributed by atoms with van der Waals surface area (Å²) in [5.41, 5.74) is 3.56. The Hall–Kier alpha value is -2.38. The first-order valence-electron chi connectivity index (χ1n) is 10.2. The Morgan fingerprint density at radius 3 is 2.33 bits per heavy atom. The number of rotatable bonds is 6. The van der Waals surface area contributed by atoms with E-state index in [4.69, 9.17) is 4.74 Å². The molecule has 2 aromatic rings. The number of carbonyl (C=O) groups is 1. The molecular formula is C23H30N2O4S. The van der Waals surface area contributed by atoms with E-state index in [2.05, 4.69) is 5.32 Å². The van der Waals surface area contributed by atoms with Gasteiger partial charge in [-0.2, -0.15) is 4.31 Å². The smallest absolute Gasteiger partial charge is 0.243 e. The van der Waals surface area contributed by atoms with E-state index in [-0.39, 0.29) is 11.8 Å². The molecule has 0 unspecified atom stereocenters. The minimum Gasteiger partial charge on any atom is -0.497 e. The molecule has 0 radical (unpaired) electrons. The van der Waals surface area contributed by atoms with Crippen molar-refractivity contribution in [3.8, 4) is 5.75 Å². The number of sulfonamides is 1. The molecule has 1 aliphatic heterocycles. The molecule has 2 aromatic carbocycles. The third-order valence-corrected chi connectivity index (χ3v) is 7.83. The molecule has 0 saturated carbocycles. The summed E-state index contributed by atoms with van der Waals surface area (Å²) in [5, 5.41) is 2.97. The summed E-state index contributed by atoms with van der Waals surface area (Å²) in [6.07, 6.45) is 1.04. The van der Waals surface area contributed by atoms with Crippen LogP contribution in [0.25, 0.3) is 0 Å². The van der Waals surface area contributed by atoms with Gasteiger partial charge in [0.25, 0.3) is 0 Å². The lowest BCUT2D eigenvalue weighted by Gasteiger charge is -2.31. The molecule has 0 atom stereocenters. The van der Waals surface area contributed by atoms with Crippen LogP contribution in [-0.2, 0) is 21.4 Å². The lowest BCUT2D eigenvalue weighted by molar-refractivity contribution is -0.126. The molecule has 1 fully saturated rings. The van der Waals surface area contributed by atoms with Crippen LogP contribution in [0.1, 0.15) is 35.1 Å². The maximum atomic E-state index is 13.2. The van der Waals surface area contributed by atoms with Gasteiger partial charge in [0.15, 0.2) is 0 Å². The number of piperidine rings is 1. The zero-order valence-electron chi connectivity index (χ0n) is 18.1. The molecule has 162 valence electrons. The molecule has 7 heteroatoms. The molecule has 0 aliphatic carbocycles. The first kappa shape index (κ1) is 22.3. The lowest BCUT2D eigenvalue weighted by atomic mass is 9.97. The quantitative estimate of drug-likeness (QED) is 0.763. The number of nitrogens with one attached hydrogen (secondary N) is 1. The minimum absolute atomic E-state index is 0.0300. The monoisotopic (exact) mass is 430 g/mol. The van der Waals surface area contributed by atoms with Crippen LogP contribution < -0.4 is 10.1 Å². The second-order valence-electron chi connectivity index (χ2n) is 7.98. The van der Waals surface area contributed by atoms with Crippen LogP contribution in [0.15, 0.2) is 41.3 Å². The van der Waals surface area contributed by atoms with Gasteiger partial charge < -0.3 is 10.1 Å². The van der Waals surface area contributed by atoms with Gasteiger partial charge in [0.2, 0.25) is 15.9 Å². The highest BCUT2D eigenvalue weighted by atomic mass is 32.2. The molecule has 1 N–H and O–H groups in total. The Kier molecular flexibility index (Phi) is 6.83. The summed E-state index contributed by atoms with van der Waals surface area (Å²) in [4.78, 5) is 13.0. The summed E-state index contributed by atoms with van der Waals surface area (Å²) < 4.78 is 33.1. The van der Waals surface area contributed by atoms with Crippen LogP contribution in [0.3, 0.4) is 0 Å². The number of aryl methyl sites for hydroxylation is 3. The van der Waals surface area contributed by atoms with Crippen LogP contribution in [0.5, 0.6) is 5.75 Å². The molecule has 1 saturated heterocycles. The van der Waals surface area contributed by atoms with E-state index < -0.39 is 10.0 Å². The average Bonchev–Trinajstić information content (AvgIpc) is 2.71. The molecule has 1 heterocycles. The molecule has 1 amide bonds. The Balaban J connectivity index is 1.60. The van der Waals surface area contributed by atoms with Crippen LogP contribution in [0.2, 0.25) is 0 Å². The minimum atomic E-state index is -3.56. The van der Waals surface area contributed by atoms with Gasteiger partial charge in [0.05, 0.1) is 12.0 Å². The van der Waals surface area contributed by atoms with E-state index in [1.807, 2.05) is 57.2 Å². The second-order valence-corrected chi connectivity index (χ2v) is 9.85. The van der Waals surface area contributed by atoms with Gasteiger partial charge in [-0.3, -0.25) is 4.79 Å². The van der Waals surface area contributed by atoms with Crippen molar-refractivity contribution in [2.45, 2.75) is 45.1 Å². The van der Waals surface area contributed by atoms with Gasteiger partial charge in [0.1, 0.15) is 5.75 Å².